The molecular formula is C16H20ClNO2. The van der Waals surface area contributed by atoms with Gasteiger partial charge in [-0.1, -0.05) is 12.1 Å². The predicted molar refractivity (Wildman–Crippen MR) is 79.2 cm³/mol. The van der Waals surface area contributed by atoms with E-state index in [1.165, 1.54) is 0 Å². The molecule has 2 heterocycles. The maximum atomic E-state index is 12.5. The van der Waals surface area contributed by atoms with Gasteiger partial charge in [-0.2, -0.15) is 0 Å². The smallest absolute Gasteiger partial charge is 0.227 e. The van der Waals surface area contributed by atoms with Crippen LogP contribution in [0, 0.1) is 0 Å². The molecule has 2 fully saturated rings. The van der Waals surface area contributed by atoms with Crippen LogP contribution in [0.2, 0.25) is 0 Å². The second-order valence-corrected chi connectivity index (χ2v) is 6.40. The largest absolute Gasteiger partial charge is 0.497 e. The van der Waals surface area contributed by atoms with Crippen molar-refractivity contribution in [3.8, 4) is 5.75 Å². The van der Waals surface area contributed by atoms with Gasteiger partial charge < -0.3 is 9.64 Å². The van der Waals surface area contributed by atoms with E-state index >= 15 is 0 Å². The quantitative estimate of drug-likeness (QED) is 0.802. The lowest BCUT2D eigenvalue weighted by Crippen LogP contribution is -2.47. The summed E-state index contributed by atoms with van der Waals surface area (Å²) in [6.07, 6.45) is 4.60. The zero-order valence-corrected chi connectivity index (χ0v) is 12.5. The van der Waals surface area contributed by atoms with Gasteiger partial charge in [-0.05, 0) is 43.4 Å². The number of rotatable bonds is 3. The Hall–Kier alpha value is -1.22. The molecule has 1 aromatic carbocycles. The van der Waals surface area contributed by atoms with Crippen LogP contribution in [-0.4, -0.2) is 35.4 Å². The third kappa shape index (κ3) is 2.64. The second-order valence-electron chi connectivity index (χ2n) is 5.78. The van der Waals surface area contributed by atoms with Gasteiger partial charge >= 0.3 is 0 Å². The van der Waals surface area contributed by atoms with Crippen molar-refractivity contribution in [2.45, 2.75) is 49.6 Å². The second kappa shape index (κ2) is 5.65. The number of benzene rings is 1. The lowest BCUT2D eigenvalue weighted by atomic mass is 10.0. The molecule has 0 radical (unpaired) electrons. The first-order chi connectivity index (χ1) is 9.67. The number of hydrogen-bond donors (Lipinski definition) is 0. The van der Waals surface area contributed by atoms with Crippen molar-refractivity contribution in [1.82, 2.24) is 4.90 Å². The van der Waals surface area contributed by atoms with Crippen molar-refractivity contribution in [3.63, 3.8) is 0 Å². The number of fused-ring (bicyclic) bond motifs is 2. The summed E-state index contributed by atoms with van der Waals surface area (Å²) in [5.41, 5.74) is 1.04. The fraction of sp³-hybridized carbons (Fsp3) is 0.562. The summed E-state index contributed by atoms with van der Waals surface area (Å²) in [7, 11) is 1.65. The number of piperidine rings is 1. The Bertz CT molecular complexity index is 474. The molecule has 0 saturated carbocycles. The van der Waals surface area contributed by atoms with E-state index in [4.69, 9.17) is 16.3 Å². The van der Waals surface area contributed by atoms with E-state index in [0.29, 0.717) is 18.5 Å². The standard InChI is InChI=1S/C16H20ClNO2/c1-20-15-6-2-11(3-7-15)8-16(19)18-13-4-5-14(18)10-12(17)9-13/h2-3,6-7,12-14H,4-5,8-10H2,1H3. The number of nitrogens with zero attached hydrogens (tertiary/aromatic N) is 1. The molecule has 20 heavy (non-hydrogen) atoms. The van der Waals surface area contributed by atoms with E-state index < -0.39 is 0 Å². The summed E-state index contributed by atoms with van der Waals surface area (Å²) in [5.74, 6) is 1.07. The van der Waals surface area contributed by atoms with Crippen LogP contribution < -0.4 is 4.74 Å². The maximum Gasteiger partial charge on any atom is 0.227 e. The number of carbonyl (C=O) groups is 1. The Labute approximate surface area is 124 Å². The summed E-state index contributed by atoms with van der Waals surface area (Å²) in [6, 6.07) is 8.47. The van der Waals surface area contributed by atoms with E-state index in [1.54, 1.807) is 7.11 Å². The van der Waals surface area contributed by atoms with Gasteiger partial charge in [-0.25, -0.2) is 0 Å². The molecule has 2 aliphatic heterocycles. The number of hydrogen-bond acceptors (Lipinski definition) is 2. The van der Waals surface area contributed by atoms with Crippen LogP contribution in [0.5, 0.6) is 5.75 Å². The van der Waals surface area contributed by atoms with Crippen LogP contribution in [0.4, 0.5) is 0 Å². The minimum Gasteiger partial charge on any atom is -0.497 e. The van der Waals surface area contributed by atoms with E-state index in [2.05, 4.69) is 4.90 Å². The van der Waals surface area contributed by atoms with Crippen LogP contribution in [0.1, 0.15) is 31.2 Å². The van der Waals surface area contributed by atoms with Gasteiger partial charge in [0, 0.05) is 17.5 Å². The van der Waals surface area contributed by atoms with Crippen LogP contribution >= 0.6 is 11.6 Å². The SMILES string of the molecule is COc1ccc(CC(=O)N2C3CCC2CC(Cl)C3)cc1. The van der Waals surface area contributed by atoms with Gasteiger partial charge in [-0.3, -0.25) is 4.79 Å². The lowest BCUT2D eigenvalue weighted by Gasteiger charge is -2.37. The summed E-state index contributed by atoms with van der Waals surface area (Å²) < 4.78 is 5.14. The Balaban J connectivity index is 1.67. The van der Waals surface area contributed by atoms with Crippen LogP contribution in [0.3, 0.4) is 0 Å². The fourth-order valence-electron chi connectivity index (χ4n) is 3.53. The lowest BCUT2D eigenvalue weighted by molar-refractivity contribution is -0.134. The van der Waals surface area contributed by atoms with E-state index in [0.717, 1.165) is 37.0 Å². The Morgan fingerprint density at radius 1 is 1.25 bits per heavy atom. The summed E-state index contributed by atoms with van der Waals surface area (Å²) >= 11 is 6.26. The number of alkyl halides is 1. The first-order valence-corrected chi connectivity index (χ1v) is 7.69. The van der Waals surface area contributed by atoms with Crippen LogP contribution in [-0.2, 0) is 11.2 Å². The van der Waals surface area contributed by atoms with Gasteiger partial charge in [0.1, 0.15) is 5.75 Å². The molecular weight excluding hydrogens is 274 g/mol. The van der Waals surface area contributed by atoms with Crippen LogP contribution in [0.15, 0.2) is 24.3 Å². The van der Waals surface area contributed by atoms with Crippen molar-refractivity contribution in [1.29, 1.82) is 0 Å². The molecule has 0 N–H and O–H groups in total. The van der Waals surface area contributed by atoms with E-state index in [-0.39, 0.29) is 11.3 Å². The topological polar surface area (TPSA) is 29.5 Å². The molecule has 108 valence electrons. The van der Waals surface area contributed by atoms with Gasteiger partial charge in [0.2, 0.25) is 5.91 Å². The first-order valence-electron chi connectivity index (χ1n) is 7.25. The third-order valence-electron chi connectivity index (χ3n) is 4.48. The maximum absolute atomic E-state index is 12.5. The van der Waals surface area contributed by atoms with Crippen molar-refractivity contribution in [3.05, 3.63) is 29.8 Å². The Kier molecular flexibility index (Phi) is 3.88. The molecule has 3 rings (SSSR count). The van der Waals surface area contributed by atoms with Gasteiger partial charge in [0.05, 0.1) is 13.5 Å². The molecule has 0 aromatic heterocycles. The van der Waals surface area contributed by atoms with E-state index in [9.17, 15) is 4.79 Å². The normalized spacial score (nSPS) is 28.5. The third-order valence-corrected chi connectivity index (χ3v) is 4.83. The molecule has 2 atom stereocenters. The van der Waals surface area contributed by atoms with Gasteiger partial charge in [0.25, 0.3) is 0 Å². The molecule has 1 aromatic rings. The molecule has 0 spiro atoms. The highest BCUT2D eigenvalue weighted by atomic mass is 35.5. The van der Waals surface area contributed by atoms with Crippen LogP contribution in [0.25, 0.3) is 0 Å². The number of methoxy groups -OCH3 is 1. The first kappa shape index (κ1) is 13.7. The summed E-state index contributed by atoms with van der Waals surface area (Å²) in [5, 5.41) is 0.248. The number of ether oxygens (including phenoxy) is 1. The molecule has 3 nitrogen and oxygen atoms in total. The zero-order valence-electron chi connectivity index (χ0n) is 11.7. The molecule has 1 amide bonds. The molecule has 2 saturated heterocycles. The van der Waals surface area contributed by atoms with Crippen molar-refractivity contribution in [2.24, 2.45) is 0 Å². The highest BCUT2D eigenvalue weighted by Crippen LogP contribution is 2.38. The van der Waals surface area contributed by atoms with Gasteiger partial charge in [-0.15, -0.1) is 11.6 Å². The Morgan fingerprint density at radius 3 is 2.40 bits per heavy atom. The average molecular weight is 294 g/mol. The minimum absolute atomic E-state index is 0.242. The molecule has 4 heteroatoms. The fourth-order valence-corrected chi connectivity index (χ4v) is 3.94. The Morgan fingerprint density at radius 2 is 1.85 bits per heavy atom. The van der Waals surface area contributed by atoms with Gasteiger partial charge in [0.15, 0.2) is 0 Å². The monoisotopic (exact) mass is 293 g/mol. The predicted octanol–water partition coefficient (Wildman–Crippen LogP) is 3.00. The zero-order chi connectivity index (χ0) is 14.1. The number of halogens is 1. The highest BCUT2D eigenvalue weighted by Gasteiger charge is 2.42. The van der Waals surface area contributed by atoms with Crippen molar-refractivity contribution >= 4 is 17.5 Å². The molecule has 2 aliphatic rings. The minimum atomic E-state index is 0.242. The summed E-state index contributed by atoms with van der Waals surface area (Å²) in [6.45, 7) is 0. The molecule has 2 unspecified atom stereocenters. The highest BCUT2D eigenvalue weighted by molar-refractivity contribution is 6.20. The van der Waals surface area contributed by atoms with Crippen molar-refractivity contribution in [2.75, 3.05) is 7.11 Å². The molecule has 2 bridgehead atoms. The number of carbonyl (C=O) groups excluding carboxylic acids is 1. The number of amides is 1. The van der Waals surface area contributed by atoms with E-state index in [1.807, 2.05) is 24.3 Å². The molecule has 0 aliphatic carbocycles. The van der Waals surface area contributed by atoms with Crippen molar-refractivity contribution < 1.29 is 9.53 Å². The average Bonchev–Trinajstić information content (AvgIpc) is 2.72. The summed E-state index contributed by atoms with van der Waals surface area (Å²) in [4.78, 5) is 14.6.